The van der Waals surface area contributed by atoms with Crippen molar-refractivity contribution in [2.75, 3.05) is 25.0 Å². The molecule has 0 bridgehead atoms. The van der Waals surface area contributed by atoms with Crippen LogP contribution in [0.3, 0.4) is 0 Å². The summed E-state index contributed by atoms with van der Waals surface area (Å²) < 4.78 is 0. The third kappa shape index (κ3) is 4.01. The van der Waals surface area contributed by atoms with Gasteiger partial charge in [-0.3, -0.25) is 19.2 Å². The van der Waals surface area contributed by atoms with E-state index in [0.717, 1.165) is 37.4 Å². The summed E-state index contributed by atoms with van der Waals surface area (Å²) >= 11 is 1.14. The molecule has 0 radical (unpaired) electrons. The number of nitrogens with two attached hydrogens (primary N) is 1. The molecule has 2 unspecified atom stereocenters. The van der Waals surface area contributed by atoms with Crippen molar-refractivity contribution in [2.24, 2.45) is 22.6 Å². The van der Waals surface area contributed by atoms with Crippen LogP contribution in [-0.2, 0) is 14.4 Å². The predicted octanol–water partition coefficient (Wildman–Crippen LogP) is 1.44. The molecule has 4 amide bonds. The van der Waals surface area contributed by atoms with Crippen molar-refractivity contribution in [3.05, 3.63) is 29.8 Å². The summed E-state index contributed by atoms with van der Waals surface area (Å²) in [5, 5.41) is 2.52. The second-order valence-corrected chi connectivity index (χ2v) is 10.6. The van der Waals surface area contributed by atoms with Crippen molar-refractivity contribution in [1.29, 1.82) is 0 Å². The molecule has 9 nitrogen and oxygen atoms in total. The minimum absolute atomic E-state index is 0.0352. The van der Waals surface area contributed by atoms with Gasteiger partial charge in [-0.2, -0.15) is 4.99 Å². The molecule has 1 aliphatic carbocycles. The molecule has 33 heavy (non-hydrogen) atoms. The van der Waals surface area contributed by atoms with Gasteiger partial charge in [0.15, 0.2) is 5.17 Å². The molecule has 1 spiro atoms. The molecule has 1 aromatic carbocycles. The second-order valence-electron chi connectivity index (χ2n) is 9.44. The number of amidine groups is 1. The van der Waals surface area contributed by atoms with Gasteiger partial charge >= 0.3 is 0 Å². The summed E-state index contributed by atoms with van der Waals surface area (Å²) in [7, 11) is 0. The molecule has 3 N–H and O–H groups in total. The van der Waals surface area contributed by atoms with Crippen molar-refractivity contribution in [1.82, 2.24) is 9.80 Å². The van der Waals surface area contributed by atoms with Gasteiger partial charge in [-0.1, -0.05) is 18.7 Å². The smallest absolute Gasteiger partial charge is 0.262 e. The highest BCUT2D eigenvalue weighted by molar-refractivity contribution is 8.15. The standard InChI is InChI=1S/C23H27N5O4S/c1-13(17-19(30)26-22(24)33-17)20(31)27-11-23(12-27)9-2-10-28(23)21(32)15-5-7-16(8-6-15)25-18(29)14-3-4-14/h5-8,13-14,17H,2-4,9-12H2,1H3,(H,25,29)(H2,24,26,30). The Morgan fingerprint density at radius 3 is 2.52 bits per heavy atom. The number of anilines is 1. The second kappa shape index (κ2) is 8.16. The Balaban J connectivity index is 1.21. The van der Waals surface area contributed by atoms with Crippen molar-refractivity contribution < 1.29 is 19.2 Å². The van der Waals surface area contributed by atoms with Crippen molar-refractivity contribution in [2.45, 2.75) is 43.4 Å². The van der Waals surface area contributed by atoms with Gasteiger partial charge in [0.2, 0.25) is 11.8 Å². The summed E-state index contributed by atoms with van der Waals surface area (Å²) in [6.45, 7) is 3.33. The van der Waals surface area contributed by atoms with Gasteiger partial charge in [0.1, 0.15) is 5.25 Å². The van der Waals surface area contributed by atoms with E-state index >= 15 is 0 Å². The maximum absolute atomic E-state index is 13.3. The number of aliphatic imine (C=N–C) groups is 1. The van der Waals surface area contributed by atoms with E-state index in [4.69, 9.17) is 5.73 Å². The average Bonchev–Trinajstić information content (AvgIpc) is 3.44. The number of rotatable bonds is 5. The van der Waals surface area contributed by atoms with Gasteiger partial charge < -0.3 is 20.9 Å². The molecule has 0 aromatic heterocycles. The molecule has 3 heterocycles. The third-order valence-electron chi connectivity index (χ3n) is 7.03. The van der Waals surface area contributed by atoms with Crippen LogP contribution in [-0.4, -0.2) is 69.0 Å². The van der Waals surface area contributed by atoms with Crippen molar-refractivity contribution in [3.8, 4) is 0 Å². The van der Waals surface area contributed by atoms with Crippen LogP contribution in [0.4, 0.5) is 5.69 Å². The van der Waals surface area contributed by atoms with Crippen molar-refractivity contribution in [3.63, 3.8) is 0 Å². The van der Waals surface area contributed by atoms with E-state index in [2.05, 4.69) is 10.3 Å². The fraction of sp³-hybridized carbons (Fsp3) is 0.522. The Kier molecular flexibility index (Phi) is 5.43. The van der Waals surface area contributed by atoms with E-state index < -0.39 is 11.2 Å². The molecule has 4 aliphatic rings. The SMILES string of the molecule is CC(C(=O)N1CC2(CCCN2C(=O)c2ccc(NC(=O)C3CC3)cc2)C1)C1SC(N)=NC1=O. The minimum Gasteiger partial charge on any atom is -0.378 e. The molecule has 5 rings (SSSR count). The summed E-state index contributed by atoms with van der Waals surface area (Å²) in [4.78, 5) is 57.5. The first-order valence-corrected chi connectivity index (χ1v) is 12.2. The van der Waals surface area contributed by atoms with Gasteiger partial charge in [-0.25, -0.2) is 0 Å². The lowest BCUT2D eigenvalue weighted by Gasteiger charge is -2.53. The number of carbonyl (C=O) groups is 4. The Morgan fingerprint density at radius 1 is 1.21 bits per heavy atom. The zero-order valence-corrected chi connectivity index (χ0v) is 19.3. The Bertz CT molecular complexity index is 1050. The van der Waals surface area contributed by atoms with Crippen LogP contribution in [0.25, 0.3) is 0 Å². The van der Waals surface area contributed by atoms with Gasteiger partial charge in [-0.15, -0.1) is 0 Å². The quantitative estimate of drug-likeness (QED) is 0.672. The van der Waals surface area contributed by atoms with Crippen LogP contribution in [0, 0.1) is 11.8 Å². The number of likely N-dealkylation sites (tertiary alicyclic amines) is 2. The fourth-order valence-electron chi connectivity index (χ4n) is 4.96. The lowest BCUT2D eigenvalue weighted by molar-refractivity contribution is -0.147. The summed E-state index contributed by atoms with van der Waals surface area (Å²) in [5.74, 6) is -0.885. The lowest BCUT2D eigenvalue weighted by Crippen LogP contribution is -2.70. The molecule has 2 saturated heterocycles. The number of benzene rings is 1. The molecule has 1 aromatic rings. The normalized spacial score (nSPS) is 24.5. The molecular weight excluding hydrogens is 442 g/mol. The number of nitrogens with zero attached hydrogens (tertiary/aromatic N) is 3. The molecule has 174 valence electrons. The number of hydrogen-bond donors (Lipinski definition) is 2. The summed E-state index contributed by atoms with van der Waals surface area (Å²) in [6.07, 6.45) is 3.62. The molecular formula is C23H27N5O4S. The van der Waals surface area contributed by atoms with Crippen molar-refractivity contribution >= 4 is 46.2 Å². The predicted molar refractivity (Wildman–Crippen MR) is 125 cm³/mol. The first-order valence-electron chi connectivity index (χ1n) is 11.3. The fourth-order valence-corrected chi connectivity index (χ4v) is 5.84. The third-order valence-corrected chi connectivity index (χ3v) is 8.22. The van der Waals surface area contributed by atoms with Crippen LogP contribution in [0.5, 0.6) is 0 Å². The molecule has 2 atom stereocenters. The summed E-state index contributed by atoms with van der Waals surface area (Å²) in [5.41, 5.74) is 6.54. The van der Waals surface area contributed by atoms with E-state index in [0.29, 0.717) is 30.9 Å². The monoisotopic (exact) mass is 469 g/mol. The number of thioether (sulfide) groups is 1. The van der Waals surface area contributed by atoms with E-state index in [1.54, 1.807) is 36.1 Å². The zero-order chi connectivity index (χ0) is 23.3. The first-order chi connectivity index (χ1) is 15.8. The topological polar surface area (TPSA) is 125 Å². The molecule has 10 heteroatoms. The number of carbonyl (C=O) groups excluding carboxylic acids is 4. The Hall–Kier alpha value is -2.88. The van der Waals surface area contributed by atoms with Crippen LogP contribution < -0.4 is 11.1 Å². The van der Waals surface area contributed by atoms with Crippen LogP contribution >= 0.6 is 11.8 Å². The van der Waals surface area contributed by atoms with Gasteiger partial charge in [-0.05, 0) is 49.9 Å². The minimum atomic E-state index is -0.575. The Morgan fingerprint density at radius 2 is 1.91 bits per heavy atom. The molecule has 3 fully saturated rings. The van der Waals surface area contributed by atoms with Crippen LogP contribution in [0.1, 0.15) is 43.0 Å². The van der Waals surface area contributed by atoms with E-state index in [9.17, 15) is 19.2 Å². The van der Waals surface area contributed by atoms with Gasteiger partial charge in [0.05, 0.1) is 11.5 Å². The number of nitrogens with one attached hydrogen (secondary N) is 1. The highest BCUT2D eigenvalue weighted by Gasteiger charge is 2.54. The maximum atomic E-state index is 13.3. The highest BCUT2D eigenvalue weighted by Crippen LogP contribution is 2.40. The van der Waals surface area contributed by atoms with Gasteiger partial charge in [0, 0.05) is 36.8 Å². The zero-order valence-electron chi connectivity index (χ0n) is 18.5. The first kappa shape index (κ1) is 21.9. The van der Waals surface area contributed by atoms with Crippen LogP contribution in [0.15, 0.2) is 29.3 Å². The van der Waals surface area contributed by atoms with E-state index in [1.807, 2.05) is 4.90 Å². The molecule has 1 saturated carbocycles. The average molecular weight is 470 g/mol. The highest BCUT2D eigenvalue weighted by atomic mass is 32.2. The van der Waals surface area contributed by atoms with Crippen LogP contribution in [0.2, 0.25) is 0 Å². The summed E-state index contributed by atoms with van der Waals surface area (Å²) in [6, 6.07) is 7.01. The van der Waals surface area contributed by atoms with E-state index in [-0.39, 0.29) is 40.3 Å². The van der Waals surface area contributed by atoms with E-state index in [1.165, 1.54) is 0 Å². The lowest BCUT2D eigenvalue weighted by atomic mass is 9.85. The number of hydrogen-bond acceptors (Lipinski definition) is 6. The number of amides is 4. The van der Waals surface area contributed by atoms with Gasteiger partial charge in [0.25, 0.3) is 11.8 Å². The maximum Gasteiger partial charge on any atom is 0.262 e. The molecule has 3 aliphatic heterocycles. The Labute approximate surface area is 196 Å². The largest absolute Gasteiger partial charge is 0.378 e.